The molecule has 6 N–H and O–H groups in total. The molecule has 0 aromatic heterocycles. The topological polar surface area (TPSA) is 161 Å². The molecule has 0 aliphatic carbocycles. The van der Waals surface area contributed by atoms with Crippen LogP contribution < -0.4 is 10.8 Å². The molecule has 4 aromatic carbocycles. The van der Waals surface area contributed by atoms with Crippen LogP contribution in [0.1, 0.15) is 72.0 Å². The number of likely N-dealkylation sites (N-methyl/N-ethyl adjacent to an activating group) is 1. The number of phenols is 1. The zero-order valence-electron chi connectivity index (χ0n) is 28.1. The number of nitrogens with zero attached hydrogens (tertiary/aromatic N) is 1. The second-order valence-corrected chi connectivity index (χ2v) is 12.7. The average molecular weight is 684 g/mol. The van der Waals surface area contributed by atoms with Gasteiger partial charge in [-0.2, -0.15) is 0 Å². The van der Waals surface area contributed by atoms with E-state index >= 15 is 0 Å². The third kappa shape index (κ3) is 10.4. The molecule has 1 saturated heterocycles. The van der Waals surface area contributed by atoms with Gasteiger partial charge in [0.2, 0.25) is 11.8 Å². The van der Waals surface area contributed by atoms with Crippen LogP contribution in [0.3, 0.4) is 0 Å². The Hall–Kier alpha value is -4.62. The molecule has 4 atom stereocenters. The second-order valence-electron chi connectivity index (χ2n) is 12.7. The monoisotopic (exact) mass is 683 g/mol. The van der Waals surface area contributed by atoms with Gasteiger partial charge in [0.25, 0.3) is 0 Å². The normalized spacial score (nSPS) is 18.1. The fraction of sp³-hybridized carbons (Fsp3) is 0.333. The van der Waals surface area contributed by atoms with Crippen LogP contribution in [0, 0.1) is 0 Å². The van der Waals surface area contributed by atoms with Crippen LogP contribution in [-0.2, 0) is 32.2 Å². The minimum absolute atomic E-state index is 0.0379. The number of hydrogen-bond donors (Lipinski definition) is 6. The van der Waals surface area contributed by atoms with Gasteiger partial charge in [0, 0.05) is 44.5 Å². The summed E-state index contributed by atoms with van der Waals surface area (Å²) >= 11 is 0. The summed E-state index contributed by atoms with van der Waals surface area (Å²) in [5.41, 5.74) is 7.78. The van der Waals surface area contributed by atoms with Gasteiger partial charge in [-0.05, 0) is 65.0 Å². The molecule has 1 heterocycles. The predicted octanol–water partition coefficient (Wildman–Crippen LogP) is 5.05. The molecule has 0 unspecified atom stereocenters. The molecule has 4 aromatic rings. The van der Waals surface area contributed by atoms with E-state index in [-0.39, 0.29) is 43.3 Å². The lowest BCUT2D eigenvalue weighted by molar-refractivity contribution is -0.252. The fourth-order valence-electron chi connectivity index (χ4n) is 6.04. The molecule has 264 valence electrons. The van der Waals surface area contributed by atoms with Gasteiger partial charge in [-0.3, -0.25) is 14.8 Å². The maximum Gasteiger partial charge on any atom is 0.243 e. The highest BCUT2D eigenvalue weighted by molar-refractivity contribution is 5.78. The summed E-state index contributed by atoms with van der Waals surface area (Å²) in [6.07, 6.45) is -0.678. The van der Waals surface area contributed by atoms with Crippen LogP contribution in [0.4, 0.5) is 0 Å². The largest absolute Gasteiger partial charge is 0.508 e. The summed E-state index contributed by atoms with van der Waals surface area (Å²) in [4.78, 5) is 25.4. The molecule has 5 rings (SSSR count). The zero-order valence-corrected chi connectivity index (χ0v) is 28.1. The van der Waals surface area contributed by atoms with E-state index in [4.69, 9.17) is 14.7 Å². The molecule has 0 radical (unpaired) electrons. The first-order chi connectivity index (χ1) is 24.2. The van der Waals surface area contributed by atoms with Crippen LogP contribution >= 0.6 is 0 Å². The number of rotatable bonds is 15. The molecule has 2 amide bonds. The van der Waals surface area contributed by atoms with Gasteiger partial charge in [-0.25, -0.2) is 5.48 Å². The lowest BCUT2D eigenvalue weighted by Gasteiger charge is -2.38. The minimum Gasteiger partial charge on any atom is -0.508 e. The van der Waals surface area contributed by atoms with Crippen molar-refractivity contribution >= 4 is 11.8 Å². The SMILES string of the molecule is CN(C[C@H]1C[C@@H](c2ccc(CO)cc2)O[C@@H](c2ccc(-c3cccc(CNC(=O)CCCC(=O)NO)c3)cc2)O1)C[C@@H](O)c1cccc(O)c1. The summed E-state index contributed by atoms with van der Waals surface area (Å²) in [7, 11) is 1.93. The summed E-state index contributed by atoms with van der Waals surface area (Å²) < 4.78 is 13.0. The first kappa shape index (κ1) is 36.7. The molecule has 1 fully saturated rings. The van der Waals surface area contributed by atoms with Crippen LogP contribution in [0.15, 0.2) is 97.1 Å². The van der Waals surface area contributed by atoms with Crippen molar-refractivity contribution in [3.05, 3.63) is 125 Å². The van der Waals surface area contributed by atoms with Crippen molar-refractivity contribution in [1.82, 2.24) is 15.7 Å². The van der Waals surface area contributed by atoms with E-state index in [1.54, 1.807) is 29.7 Å². The van der Waals surface area contributed by atoms with Gasteiger partial charge in [0.1, 0.15) is 5.75 Å². The number of nitrogens with one attached hydrogen (secondary N) is 2. The molecule has 1 aliphatic rings. The lowest BCUT2D eigenvalue weighted by Crippen LogP contribution is -2.39. The van der Waals surface area contributed by atoms with Crippen molar-refractivity contribution < 1.29 is 39.6 Å². The van der Waals surface area contributed by atoms with E-state index in [1.165, 1.54) is 0 Å². The number of aliphatic hydroxyl groups excluding tert-OH is 2. The quantitative estimate of drug-likeness (QED) is 0.0744. The third-order valence-corrected chi connectivity index (χ3v) is 8.74. The van der Waals surface area contributed by atoms with E-state index in [0.29, 0.717) is 38.0 Å². The number of carbonyl (C=O) groups is 2. The molecular formula is C39H45N3O8. The van der Waals surface area contributed by atoms with Crippen molar-refractivity contribution in [3.63, 3.8) is 0 Å². The highest BCUT2D eigenvalue weighted by atomic mass is 16.7. The Morgan fingerprint density at radius 3 is 2.30 bits per heavy atom. The highest BCUT2D eigenvalue weighted by Crippen LogP contribution is 2.39. The molecule has 1 aliphatic heterocycles. The molecule has 0 saturated carbocycles. The van der Waals surface area contributed by atoms with Gasteiger partial charge >= 0.3 is 0 Å². The maximum absolute atomic E-state index is 12.2. The van der Waals surface area contributed by atoms with E-state index in [9.17, 15) is 24.9 Å². The summed E-state index contributed by atoms with van der Waals surface area (Å²) in [6.45, 7) is 1.21. The molecule has 11 heteroatoms. The fourth-order valence-corrected chi connectivity index (χ4v) is 6.04. The number of ether oxygens (including phenoxy) is 2. The number of hydrogen-bond acceptors (Lipinski definition) is 9. The Morgan fingerprint density at radius 1 is 0.860 bits per heavy atom. The lowest BCUT2D eigenvalue weighted by atomic mass is 9.99. The summed E-state index contributed by atoms with van der Waals surface area (Å²) in [6, 6.07) is 30.3. The van der Waals surface area contributed by atoms with Crippen molar-refractivity contribution in [2.24, 2.45) is 0 Å². The van der Waals surface area contributed by atoms with Gasteiger partial charge in [-0.1, -0.05) is 78.9 Å². The number of amides is 2. The standard InChI is InChI=1S/C39H45N3O8/c1-42(24-35(45)32-7-3-8-33(44)20-32)23-34-21-36(29-13-11-26(25-43)12-14-29)50-39(49-34)30-17-15-28(16-18-30)31-6-2-5-27(19-31)22-40-37(46)9-4-10-38(47)41-48/h2-3,5-8,11-20,34-36,39,43-45,48H,4,9-10,21-25H2,1H3,(H,40,46)(H,41,47)/t34-,35-,36+,39+/m1/s1. The smallest absolute Gasteiger partial charge is 0.243 e. The van der Waals surface area contributed by atoms with Gasteiger partial charge in [0.15, 0.2) is 6.29 Å². The van der Waals surface area contributed by atoms with E-state index in [1.807, 2.05) is 84.7 Å². The Kier molecular flexibility index (Phi) is 13.1. The van der Waals surface area contributed by atoms with Gasteiger partial charge < -0.3 is 35.0 Å². The Morgan fingerprint density at radius 2 is 1.58 bits per heavy atom. The predicted molar refractivity (Wildman–Crippen MR) is 186 cm³/mol. The van der Waals surface area contributed by atoms with Gasteiger partial charge in [-0.15, -0.1) is 0 Å². The maximum atomic E-state index is 12.2. The number of carbonyl (C=O) groups excluding carboxylic acids is 2. The average Bonchev–Trinajstić information content (AvgIpc) is 3.14. The number of phenolic OH excluding ortho intramolecular Hbond substituents is 1. The van der Waals surface area contributed by atoms with Crippen molar-refractivity contribution in [2.75, 3.05) is 20.1 Å². The molecule has 0 spiro atoms. The zero-order chi connectivity index (χ0) is 35.5. The number of benzene rings is 4. The van der Waals surface area contributed by atoms with Crippen LogP contribution in [0.5, 0.6) is 5.75 Å². The minimum atomic E-state index is -0.779. The second kappa shape index (κ2) is 17.9. The first-order valence-corrected chi connectivity index (χ1v) is 16.8. The Labute approximate surface area is 292 Å². The summed E-state index contributed by atoms with van der Waals surface area (Å²) in [5.74, 6) is -0.576. The van der Waals surface area contributed by atoms with Crippen molar-refractivity contribution in [3.8, 4) is 16.9 Å². The van der Waals surface area contributed by atoms with E-state index in [0.717, 1.165) is 33.4 Å². The molecular weight excluding hydrogens is 638 g/mol. The molecule has 11 nitrogen and oxygen atoms in total. The van der Waals surface area contributed by atoms with Gasteiger partial charge in [0.05, 0.1) is 24.9 Å². The third-order valence-electron chi connectivity index (χ3n) is 8.74. The van der Waals surface area contributed by atoms with E-state index in [2.05, 4.69) is 5.32 Å². The Balaban J connectivity index is 1.25. The number of aromatic hydroxyl groups is 1. The number of hydroxylamine groups is 1. The summed E-state index contributed by atoms with van der Waals surface area (Å²) in [5, 5.41) is 41.7. The molecule has 0 bridgehead atoms. The van der Waals surface area contributed by atoms with Crippen molar-refractivity contribution in [1.29, 1.82) is 0 Å². The van der Waals surface area contributed by atoms with Crippen LogP contribution in [0.25, 0.3) is 11.1 Å². The first-order valence-electron chi connectivity index (χ1n) is 16.8. The van der Waals surface area contributed by atoms with Crippen LogP contribution in [-0.4, -0.2) is 63.5 Å². The number of aliphatic hydroxyl groups is 2. The molecule has 50 heavy (non-hydrogen) atoms. The Bertz CT molecular complexity index is 1700. The van der Waals surface area contributed by atoms with Crippen LogP contribution in [0.2, 0.25) is 0 Å². The van der Waals surface area contributed by atoms with Crippen molar-refractivity contribution in [2.45, 2.75) is 63.4 Å². The highest BCUT2D eigenvalue weighted by Gasteiger charge is 2.33. The van der Waals surface area contributed by atoms with E-state index < -0.39 is 18.3 Å².